The largest absolute Gasteiger partial charge is 0.478 e. The fraction of sp³-hybridized carbons (Fsp3) is 0.500. The van der Waals surface area contributed by atoms with Crippen LogP contribution in [0.3, 0.4) is 0 Å². The van der Waals surface area contributed by atoms with E-state index in [1.54, 1.807) is 4.68 Å². The fourth-order valence-electron chi connectivity index (χ4n) is 1.64. The normalized spacial score (nSPS) is 21.2. The number of aryl methyl sites for hydroxylation is 1. The number of hydrogen-bond donors (Lipinski definition) is 2. The maximum absolute atomic E-state index is 10.7. The van der Waals surface area contributed by atoms with Gasteiger partial charge in [-0.1, -0.05) is 0 Å². The molecule has 1 aromatic heterocycles. The number of rotatable bonds is 1. The van der Waals surface area contributed by atoms with Gasteiger partial charge < -0.3 is 10.8 Å². The minimum atomic E-state index is -0.921. The molecular formula is C8H11N3O2. The summed E-state index contributed by atoms with van der Waals surface area (Å²) in [6.45, 7) is 0.726. The molecule has 70 valence electrons. The number of aromatic carboxylic acids is 1. The number of carbonyl (C=O) groups is 1. The Bertz CT molecular complexity index is 345. The minimum absolute atomic E-state index is 0.0716. The SMILES string of the molecule is NC1CCn2ncc(C(=O)O)c2C1. The molecule has 0 saturated carbocycles. The molecule has 1 aromatic rings. The van der Waals surface area contributed by atoms with E-state index in [2.05, 4.69) is 5.10 Å². The standard InChI is InChI=1S/C8H11N3O2/c9-5-1-2-11-7(3-5)6(4-10-11)8(12)13/h4-5H,1-3,9H2,(H,12,13). The van der Waals surface area contributed by atoms with Crippen LogP contribution in [0.1, 0.15) is 22.5 Å². The predicted molar refractivity (Wildman–Crippen MR) is 45.5 cm³/mol. The Balaban J connectivity index is 2.41. The van der Waals surface area contributed by atoms with Crippen molar-refractivity contribution in [1.82, 2.24) is 9.78 Å². The summed E-state index contributed by atoms with van der Waals surface area (Å²) in [5.74, 6) is -0.921. The van der Waals surface area contributed by atoms with Gasteiger partial charge in [-0.2, -0.15) is 5.10 Å². The highest BCUT2D eigenvalue weighted by Gasteiger charge is 2.22. The van der Waals surface area contributed by atoms with E-state index in [-0.39, 0.29) is 11.6 Å². The minimum Gasteiger partial charge on any atom is -0.478 e. The first-order chi connectivity index (χ1) is 6.18. The Morgan fingerprint density at radius 3 is 3.23 bits per heavy atom. The number of nitrogens with zero attached hydrogens (tertiary/aromatic N) is 2. The first-order valence-electron chi connectivity index (χ1n) is 4.22. The zero-order valence-electron chi connectivity index (χ0n) is 7.10. The lowest BCUT2D eigenvalue weighted by molar-refractivity contribution is 0.0695. The van der Waals surface area contributed by atoms with Crippen LogP contribution >= 0.6 is 0 Å². The average molecular weight is 181 g/mol. The lowest BCUT2D eigenvalue weighted by atomic mass is 10.0. The highest BCUT2D eigenvalue weighted by Crippen LogP contribution is 2.17. The molecule has 0 amide bonds. The number of carboxylic acids is 1. The third kappa shape index (κ3) is 1.31. The molecule has 0 radical (unpaired) electrons. The zero-order chi connectivity index (χ0) is 9.42. The van der Waals surface area contributed by atoms with E-state index in [1.807, 2.05) is 0 Å². The summed E-state index contributed by atoms with van der Waals surface area (Å²) in [6.07, 6.45) is 2.88. The number of aromatic nitrogens is 2. The van der Waals surface area contributed by atoms with E-state index in [9.17, 15) is 4.79 Å². The van der Waals surface area contributed by atoms with Gasteiger partial charge in [0.2, 0.25) is 0 Å². The highest BCUT2D eigenvalue weighted by molar-refractivity contribution is 5.88. The van der Waals surface area contributed by atoms with Gasteiger partial charge in [0.05, 0.1) is 11.9 Å². The molecular weight excluding hydrogens is 170 g/mol. The summed E-state index contributed by atoms with van der Waals surface area (Å²) in [6, 6.07) is 0.0716. The van der Waals surface area contributed by atoms with Crippen LogP contribution in [0.15, 0.2) is 6.20 Å². The van der Waals surface area contributed by atoms with E-state index >= 15 is 0 Å². The smallest absolute Gasteiger partial charge is 0.339 e. The Kier molecular flexibility index (Phi) is 1.81. The molecule has 2 heterocycles. The van der Waals surface area contributed by atoms with Crippen molar-refractivity contribution in [1.29, 1.82) is 0 Å². The van der Waals surface area contributed by atoms with Gasteiger partial charge in [0.1, 0.15) is 5.56 Å². The molecule has 0 saturated heterocycles. The summed E-state index contributed by atoms with van der Waals surface area (Å²) in [5.41, 5.74) is 6.79. The monoisotopic (exact) mass is 181 g/mol. The average Bonchev–Trinajstić information content (AvgIpc) is 2.46. The van der Waals surface area contributed by atoms with Crippen molar-refractivity contribution in [2.24, 2.45) is 5.73 Å². The second-order valence-electron chi connectivity index (χ2n) is 3.29. The highest BCUT2D eigenvalue weighted by atomic mass is 16.4. The van der Waals surface area contributed by atoms with Crippen molar-refractivity contribution < 1.29 is 9.90 Å². The summed E-state index contributed by atoms with van der Waals surface area (Å²) in [5, 5.41) is 12.8. The second-order valence-corrected chi connectivity index (χ2v) is 3.29. The first kappa shape index (κ1) is 8.25. The van der Waals surface area contributed by atoms with Crippen LogP contribution in [0.2, 0.25) is 0 Å². The summed E-state index contributed by atoms with van der Waals surface area (Å²) >= 11 is 0. The third-order valence-corrected chi connectivity index (χ3v) is 2.35. The van der Waals surface area contributed by atoms with Crippen LogP contribution in [-0.2, 0) is 13.0 Å². The van der Waals surface area contributed by atoms with Gasteiger partial charge in [-0.05, 0) is 6.42 Å². The van der Waals surface area contributed by atoms with Gasteiger partial charge in [0.15, 0.2) is 0 Å². The van der Waals surface area contributed by atoms with Crippen molar-refractivity contribution in [3.63, 3.8) is 0 Å². The third-order valence-electron chi connectivity index (χ3n) is 2.35. The van der Waals surface area contributed by atoms with E-state index in [0.29, 0.717) is 6.42 Å². The number of nitrogens with two attached hydrogens (primary N) is 1. The maximum Gasteiger partial charge on any atom is 0.339 e. The lowest BCUT2D eigenvalue weighted by Crippen LogP contribution is -2.31. The molecule has 13 heavy (non-hydrogen) atoms. The van der Waals surface area contributed by atoms with Crippen LogP contribution in [-0.4, -0.2) is 26.9 Å². The first-order valence-corrected chi connectivity index (χ1v) is 4.22. The summed E-state index contributed by atoms with van der Waals surface area (Å²) in [7, 11) is 0. The summed E-state index contributed by atoms with van der Waals surface area (Å²) < 4.78 is 1.73. The summed E-state index contributed by atoms with van der Waals surface area (Å²) in [4.78, 5) is 10.7. The van der Waals surface area contributed by atoms with Crippen molar-refractivity contribution in [3.8, 4) is 0 Å². The quantitative estimate of drug-likeness (QED) is 0.631. The Labute approximate surface area is 75.2 Å². The van der Waals surface area contributed by atoms with E-state index < -0.39 is 5.97 Å². The Morgan fingerprint density at radius 2 is 2.54 bits per heavy atom. The Hall–Kier alpha value is -1.36. The van der Waals surface area contributed by atoms with Crippen LogP contribution in [0.5, 0.6) is 0 Å². The van der Waals surface area contributed by atoms with Gasteiger partial charge in [-0.3, -0.25) is 4.68 Å². The molecule has 5 heteroatoms. The second kappa shape index (κ2) is 2.85. The van der Waals surface area contributed by atoms with Crippen LogP contribution in [0.4, 0.5) is 0 Å². The van der Waals surface area contributed by atoms with Gasteiger partial charge in [0, 0.05) is 19.0 Å². The van der Waals surface area contributed by atoms with Gasteiger partial charge >= 0.3 is 5.97 Å². The van der Waals surface area contributed by atoms with Crippen LogP contribution in [0.25, 0.3) is 0 Å². The molecule has 5 nitrogen and oxygen atoms in total. The molecule has 0 bridgehead atoms. The van der Waals surface area contributed by atoms with Gasteiger partial charge in [-0.15, -0.1) is 0 Å². The van der Waals surface area contributed by atoms with Gasteiger partial charge in [0.25, 0.3) is 0 Å². The molecule has 0 aromatic carbocycles. The topological polar surface area (TPSA) is 81.1 Å². The number of hydrogen-bond acceptors (Lipinski definition) is 3. The van der Waals surface area contributed by atoms with E-state index in [4.69, 9.17) is 10.8 Å². The molecule has 3 N–H and O–H groups in total. The van der Waals surface area contributed by atoms with E-state index in [0.717, 1.165) is 18.7 Å². The molecule has 0 fully saturated rings. The van der Waals surface area contributed by atoms with Crippen molar-refractivity contribution in [2.45, 2.75) is 25.4 Å². The molecule has 0 spiro atoms. The number of carboxylic acid groups (broad SMARTS) is 1. The van der Waals surface area contributed by atoms with Crippen LogP contribution in [0, 0.1) is 0 Å². The molecule has 1 unspecified atom stereocenters. The fourth-order valence-corrected chi connectivity index (χ4v) is 1.64. The molecule has 0 aliphatic carbocycles. The Morgan fingerprint density at radius 1 is 1.77 bits per heavy atom. The molecule has 1 aliphatic heterocycles. The molecule has 1 atom stereocenters. The lowest BCUT2D eigenvalue weighted by Gasteiger charge is -2.19. The van der Waals surface area contributed by atoms with Crippen molar-refractivity contribution >= 4 is 5.97 Å². The van der Waals surface area contributed by atoms with E-state index in [1.165, 1.54) is 6.20 Å². The van der Waals surface area contributed by atoms with Gasteiger partial charge in [-0.25, -0.2) is 4.79 Å². The molecule has 1 aliphatic rings. The predicted octanol–water partition coefficient (Wildman–Crippen LogP) is -0.145. The molecule has 2 rings (SSSR count). The van der Waals surface area contributed by atoms with Crippen molar-refractivity contribution in [3.05, 3.63) is 17.5 Å². The van der Waals surface area contributed by atoms with Crippen LogP contribution < -0.4 is 5.73 Å². The van der Waals surface area contributed by atoms with Crippen molar-refractivity contribution in [2.75, 3.05) is 0 Å². The zero-order valence-corrected chi connectivity index (χ0v) is 7.10. The number of fused-ring (bicyclic) bond motifs is 1. The maximum atomic E-state index is 10.7.